The van der Waals surface area contributed by atoms with E-state index in [1.807, 2.05) is 0 Å². The van der Waals surface area contributed by atoms with Crippen LogP contribution < -0.4 is 5.73 Å². The zero-order valence-corrected chi connectivity index (χ0v) is 9.57. The second-order valence-electron chi connectivity index (χ2n) is 3.68. The minimum Gasteiger partial charge on any atom is -0.478 e. The number of carbonyl (C=O) groups excluding carboxylic acids is 1. The summed E-state index contributed by atoms with van der Waals surface area (Å²) in [6.45, 7) is 0. The smallest absolute Gasteiger partial charge is 0.416 e. The highest BCUT2D eigenvalue weighted by Gasteiger charge is 2.31. The molecule has 0 aliphatic rings. The normalized spacial score (nSPS) is 11.7. The molecule has 0 aromatic heterocycles. The largest absolute Gasteiger partial charge is 0.478 e. The molecule has 0 atom stereocenters. The van der Waals surface area contributed by atoms with Gasteiger partial charge in [-0.1, -0.05) is 12.2 Å². The summed E-state index contributed by atoms with van der Waals surface area (Å²) in [6.07, 6.45) is -2.41. The maximum Gasteiger partial charge on any atom is 0.416 e. The van der Waals surface area contributed by atoms with Crippen LogP contribution in [0.2, 0.25) is 0 Å². The Labute approximate surface area is 106 Å². The number of hydrogen-bond donors (Lipinski definition) is 2. The number of aromatic carboxylic acids is 1. The number of carboxylic acid groups (broad SMARTS) is 1. The predicted molar refractivity (Wildman–Crippen MR) is 61.2 cm³/mol. The fourth-order valence-electron chi connectivity index (χ4n) is 1.37. The average Bonchev–Trinajstić information content (AvgIpc) is 2.26. The van der Waals surface area contributed by atoms with Gasteiger partial charge in [-0.25, -0.2) is 4.79 Å². The number of halogens is 3. The van der Waals surface area contributed by atoms with Crippen LogP contribution in [0.4, 0.5) is 13.2 Å². The van der Waals surface area contributed by atoms with Crippen molar-refractivity contribution in [2.24, 2.45) is 5.73 Å². The van der Waals surface area contributed by atoms with Crippen LogP contribution in [0.25, 0.3) is 6.08 Å². The van der Waals surface area contributed by atoms with Crippen molar-refractivity contribution in [3.8, 4) is 0 Å². The summed E-state index contributed by atoms with van der Waals surface area (Å²) in [5.74, 6) is -2.02. The van der Waals surface area contributed by atoms with E-state index in [1.54, 1.807) is 0 Å². The molecule has 19 heavy (non-hydrogen) atoms. The second-order valence-corrected chi connectivity index (χ2v) is 3.68. The third-order valence-electron chi connectivity index (χ3n) is 2.23. The van der Waals surface area contributed by atoms with Crippen molar-refractivity contribution in [1.29, 1.82) is 0 Å². The summed E-state index contributed by atoms with van der Waals surface area (Å²) in [5.41, 5.74) is 3.49. The molecule has 1 aromatic carbocycles. The molecule has 0 bridgehead atoms. The van der Waals surface area contributed by atoms with Crippen molar-refractivity contribution in [3.05, 3.63) is 41.0 Å². The standard InChI is InChI=1S/C12H10F3NO3/c13-12(14,15)8-4-5-9(11(18)19)7(6-8)2-1-3-10(16)17/h1-2,4-6H,3H2,(H2,16,17)(H,18,19). The first-order valence-electron chi connectivity index (χ1n) is 5.11. The third kappa shape index (κ3) is 4.13. The van der Waals surface area contributed by atoms with E-state index in [0.717, 1.165) is 12.1 Å². The lowest BCUT2D eigenvalue weighted by molar-refractivity contribution is -0.137. The first-order chi connectivity index (χ1) is 8.71. The lowest BCUT2D eigenvalue weighted by Gasteiger charge is -2.09. The Morgan fingerprint density at radius 2 is 1.95 bits per heavy atom. The molecule has 102 valence electrons. The molecular weight excluding hydrogens is 263 g/mol. The number of carbonyl (C=O) groups is 2. The molecule has 0 saturated carbocycles. The van der Waals surface area contributed by atoms with Crippen LogP contribution in [0.1, 0.15) is 27.9 Å². The zero-order chi connectivity index (χ0) is 14.6. The molecule has 0 radical (unpaired) electrons. The number of benzene rings is 1. The highest BCUT2D eigenvalue weighted by Crippen LogP contribution is 2.31. The molecule has 3 N–H and O–H groups in total. The summed E-state index contributed by atoms with van der Waals surface area (Å²) in [7, 11) is 0. The molecule has 1 rings (SSSR count). The Morgan fingerprint density at radius 3 is 2.42 bits per heavy atom. The number of nitrogens with two attached hydrogens (primary N) is 1. The van der Waals surface area contributed by atoms with Crippen LogP contribution in [0.3, 0.4) is 0 Å². The lowest BCUT2D eigenvalue weighted by atomic mass is 10.0. The van der Waals surface area contributed by atoms with Crippen LogP contribution in [0.5, 0.6) is 0 Å². The summed E-state index contributed by atoms with van der Waals surface area (Å²) in [6, 6.07) is 2.27. The van der Waals surface area contributed by atoms with E-state index in [9.17, 15) is 22.8 Å². The van der Waals surface area contributed by atoms with Gasteiger partial charge >= 0.3 is 12.1 Å². The van der Waals surface area contributed by atoms with Gasteiger partial charge in [0.1, 0.15) is 0 Å². The Kier molecular flexibility index (Phi) is 4.31. The highest BCUT2D eigenvalue weighted by atomic mass is 19.4. The van der Waals surface area contributed by atoms with E-state index in [0.29, 0.717) is 12.1 Å². The second kappa shape index (κ2) is 5.55. The molecule has 0 saturated heterocycles. The fraction of sp³-hybridized carbons (Fsp3) is 0.167. The Hall–Kier alpha value is -2.31. The van der Waals surface area contributed by atoms with Gasteiger partial charge < -0.3 is 10.8 Å². The minimum atomic E-state index is -4.57. The van der Waals surface area contributed by atoms with Crippen molar-refractivity contribution in [2.45, 2.75) is 12.6 Å². The molecule has 0 heterocycles. The number of rotatable bonds is 4. The average molecular weight is 273 g/mol. The number of carboxylic acids is 1. The van der Waals surface area contributed by atoms with Crippen molar-refractivity contribution >= 4 is 18.0 Å². The van der Waals surface area contributed by atoms with E-state index in [-0.39, 0.29) is 17.5 Å². The summed E-state index contributed by atoms with van der Waals surface area (Å²) < 4.78 is 37.5. The zero-order valence-electron chi connectivity index (χ0n) is 9.57. The molecule has 1 amide bonds. The first kappa shape index (κ1) is 14.7. The van der Waals surface area contributed by atoms with Gasteiger partial charge in [-0.15, -0.1) is 0 Å². The molecule has 1 aromatic rings. The van der Waals surface area contributed by atoms with E-state index in [2.05, 4.69) is 0 Å². The van der Waals surface area contributed by atoms with Gasteiger partial charge in [0.05, 0.1) is 11.1 Å². The van der Waals surface area contributed by atoms with Crippen LogP contribution in [-0.4, -0.2) is 17.0 Å². The van der Waals surface area contributed by atoms with Gasteiger partial charge in [-0.3, -0.25) is 4.79 Å². The number of alkyl halides is 3. The van der Waals surface area contributed by atoms with Crippen molar-refractivity contribution in [3.63, 3.8) is 0 Å². The summed E-state index contributed by atoms with van der Waals surface area (Å²) >= 11 is 0. The van der Waals surface area contributed by atoms with Crippen LogP contribution in [0, 0.1) is 0 Å². The molecule has 0 aliphatic heterocycles. The number of primary amides is 1. The highest BCUT2D eigenvalue weighted by molar-refractivity contribution is 5.92. The van der Waals surface area contributed by atoms with Gasteiger partial charge in [-0.05, 0) is 23.8 Å². The molecule has 4 nitrogen and oxygen atoms in total. The predicted octanol–water partition coefficient (Wildman–Crippen LogP) is 2.29. The maximum absolute atomic E-state index is 12.5. The number of amides is 1. The third-order valence-corrected chi connectivity index (χ3v) is 2.23. The van der Waals surface area contributed by atoms with Crippen molar-refractivity contribution in [1.82, 2.24) is 0 Å². The minimum absolute atomic E-state index is 0.136. The van der Waals surface area contributed by atoms with E-state index < -0.39 is 23.6 Å². The lowest BCUT2D eigenvalue weighted by Crippen LogP contribution is -2.09. The van der Waals surface area contributed by atoms with Crippen molar-refractivity contribution < 1.29 is 27.9 Å². The molecule has 7 heteroatoms. The number of hydrogen-bond acceptors (Lipinski definition) is 2. The molecule has 0 aliphatic carbocycles. The van der Waals surface area contributed by atoms with E-state index in [1.165, 1.54) is 6.08 Å². The van der Waals surface area contributed by atoms with E-state index in [4.69, 9.17) is 10.8 Å². The summed E-state index contributed by atoms with van der Waals surface area (Å²) in [4.78, 5) is 21.4. The maximum atomic E-state index is 12.5. The topological polar surface area (TPSA) is 80.4 Å². The van der Waals surface area contributed by atoms with Gasteiger partial charge in [0, 0.05) is 6.42 Å². The van der Waals surface area contributed by atoms with Gasteiger partial charge in [-0.2, -0.15) is 13.2 Å². The Balaban J connectivity index is 3.20. The van der Waals surface area contributed by atoms with E-state index >= 15 is 0 Å². The fourth-order valence-corrected chi connectivity index (χ4v) is 1.37. The van der Waals surface area contributed by atoms with Gasteiger partial charge in [0.25, 0.3) is 0 Å². The van der Waals surface area contributed by atoms with Gasteiger partial charge in [0.15, 0.2) is 0 Å². The van der Waals surface area contributed by atoms with Crippen LogP contribution in [0.15, 0.2) is 24.3 Å². The molecule has 0 spiro atoms. The first-order valence-corrected chi connectivity index (χ1v) is 5.11. The van der Waals surface area contributed by atoms with Crippen molar-refractivity contribution in [2.75, 3.05) is 0 Å². The molecule has 0 unspecified atom stereocenters. The molecular formula is C12H10F3NO3. The molecule has 0 fully saturated rings. The Morgan fingerprint density at radius 1 is 1.32 bits per heavy atom. The van der Waals surface area contributed by atoms with Gasteiger partial charge in [0.2, 0.25) is 5.91 Å². The summed E-state index contributed by atoms with van der Waals surface area (Å²) in [5, 5.41) is 8.86. The quantitative estimate of drug-likeness (QED) is 0.883. The Bertz CT molecular complexity index is 536. The SMILES string of the molecule is NC(=O)CC=Cc1cc(C(F)(F)F)ccc1C(=O)O. The van der Waals surface area contributed by atoms with Crippen LogP contribution in [-0.2, 0) is 11.0 Å². The monoisotopic (exact) mass is 273 g/mol. The van der Waals surface area contributed by atoms with Crippen LogP contribution >= 0.6 is 0 Å².